The van der Waals surface area contributed by atoms with Gasteiger partial charge in [0, 0.05) is 19.3 Å². The minimum atomic E-state index is -0.616. The topological polar surface area (TPSA) is 69.6 Å². The summed E-state index contributed by atoms with van der Waals surface area (Å²) in [6.07, 6.45) is 0.835. The van der Waals surface area contributed by atoms with Crippen LogP contribution in [-0.2, 0) is 9.59 Å². The number of rotatable bonds is 4. The lowest BCUT2D eigenvalue weighted by Crippen LogP contribution is -2.41. The van der Waals surface area contributed by atoms with Crippen LogP contribution in [0.3, 0.4) is 0 Å². The fourth-order valence-electron chi connectivity index (χ4n) is 1.50. The van der Waals surface area contributed by atoms with Crippen LogP contribution in [0.4, 0.5) is 5.69 Å². The van der Waals surface area contributed by atoms with Crippen LogP contribution < -0.4 is 10.2 Å². The number of amides is 2. The standard InChI is InChI=1S/C14H20N2O3/c1-10(2)8-9-15-13(18)14(19)16(3)11-4-6-12(17)7-5-11/h4-7,10,17H,8-9H2,1-3H3,(H,15,18). The van der Waals surface area contributed by atoms with Gasteiger partial charge in [0.15, 0.2) is 0 Å². The van der Waals surface area contributed by atoms with Gasteiger partial charge in [0.05, 0.1) is 0 Å². The Bertz CT molecular complexity index is 441. The van der Waals surface area contributed by atoms with Crippen molar-refractivity contribution >= 4 is 17.5 Å². The Kier molecular flexibility index (Phi) is 5.36. The van der Waals surface area contributed by atoms with Crippen LogP contribution in [0.25, 0.3) is 0 Å². The third kappa shape index (κ3) is 4.62. The lowest BCUT2D eigenvalue weighted by molar-refractivity contribution is -0.137. The highest BCUT2D eigenvalue weighted by atomic mass is 16.3. The van der Waals surface area contributed by atoms with E-state index < -0.39 is 11.8 Å². The molecule has 2 amide bonds. The van der Waals surface area contributed by atoms with Crippen LogP contribution in [0.15, 0.2) is 24.3 Å². The van der Waals surface area contributed by atoms with Gasteiger partial charge in [-0.3, -0.25) is 9.59 Å². The van der Waals surface area contributed by atoms with E-state index in [1.807, 2.05) is 0 Å². The number of carbonyl (C=O) groups excluding carboxylic acids is 2. The minimum absolute atomic E-state index is 0.117. The zero-order valence-corrected chi connectivity index (χ0v) is 11.5. The SMILES string of the molecule is CC(C)CCNC(=O)C(=O)N(C)c1ccc(O)cc1. The number of phenols is 1. The highest BCUT2D eigenvalue weighted by Gasteiger charge is 2.19. The molecule has 2 N–H and O–H groups in total. The van der Waals surface area contributed by atoms with E-state index >= 15 is 0 Å². The third-order valence-corrected chi connectivity index (χ3v) is 2.74. The first-order valence-corrected chi connectivity index (χ1v) is 6.26. The normalized spacial score (nSPS) is 10.3. The Labute approximate surface area is 113 Å². The second-order valence-corrected chi connectivity index (χ2v) is 4.82. The number of benzene rings is 1. The second-order valence-electron chi connectivity index (χ2n) is 4.82. The van der Waals surface area contributed by atoms with E-state index in [4.69, 9.17) is 0 Å². The summed E-state index contributed by atoms with van der Waals surface area (Å²) in [5, 5.41) is 11.8. The summed E-state index contributed by atoms with van der Waals surface area (Å²) in [5.74, 6) is -0.637. The van der Waals surface area contributed by atoms with Gasteiger partial charge >= 0.3 is 11.8 Å². The van der Waals surface area contributed by atoms with Crippen LogP contribution in [0.2, 0.25) is 0 Å². The molecular weight excluding hydrogens is 244 g/mol. The van der Waals surface area contributed by atoms with Crippen molar-refractivity contribution < 1.29 is 14.7 Å². The summed E-state index contributed by atoms with van der Waals surface area (Å²) in [6, 6.07) is 6.09. The van der Waals surface area contributed by atoms with E-state index in [0.717, 1.165) is 6.42 Å². The highest BCUT2D eigenvalue weighted by molar-refractivity contribution is 6.40. The number of hydrogen-bond donors (Lipinski definition) is 2. The van der Waals surface area contributed by atoms with Gasteiger partial charge in [0.25, 0.3) is 0 Å². The van der Waals surface area contributed by atoms with Gasteiger partial charge in [-0.15, -0.1) is 0 Å². The molecule has 0 atom stereocenters. The van der Waals surface area contributed by atoms with Gasteiger partial charge in [0.1, 0.15) is 5.75 Å². The Morgan fingerprint density at radius 2 is 1.84 bits per heavy atom. The van der Waals surface area contributed by atoms with Crippen LogP contribution in [-0.4, -0.2) is 30.5 Å². The molecule has 0 fully saturated rings. The van der Waals surface area contributed by atoms with E-state index in [1.54, 1.807) is 12.1 Å². The van der Waals surface area contributed by atoms with Crippen LogP contribution in [0, 0.1) is 5.92 Å². The third-order valence-electron chi connectivity index (χ3n) is 2.74. The quantitative estimate of drug-likeness (QED) is 0.810. The van der Waals surface area contributed by atoms with E-state index in [9.17, 15) is 14.7 Å². The summed E-state index contributed by atoms with van der Waals surface area (Å²) in [4.78, 5) is 24.8. The summed E-state index contributed by atoms with van der Waals surface area (Å²) in [5.41, 5.74) is 0.557. The number of nitrogens with one attached hydrogen (secondary N) is 1. The van der Waals surface area contributed by atoms with Crippen molar-refractivity contribution in [2.45, 2.75) is 20.3 Å². The van der Waals surface area contributed by atoms with Crippen molar-refractivity contribution in [3.05, 3.63) is 24.3 Å². The van der Waals surface area contributed by atoms with Crippen molar-refractivity contribution in [3.63, 3.8) is 0 Å². The summed E-state index contributed by atoms with van der Waals surface area (Å²) in [6.45, 7) is 4.60. The number of hydrogen-bond acceptors (Lipinski definition) is 3. The minimum Gasteiger partial charge on any atom is -0.508 e. The highest BCUT2D eigenvalue weighted by Crippen LogP contribution is 2.17. The Morgan fingerprint density at radius 1 is 1.26 bits per heavy atom. The van der Waals surface area contributed by atoms with Crippen molar-refractivity contribution in [1.29, 1.82) is 0 Å². The van der Waals surface area contributed by atoms with Gasteiger partial charge in [-0.25, -0.2) is 0 Å². The monoisotopic (exact) mass is 264 g/mol. The molecule has 0 aromatic heterocycles. The van der Waals surface area contributed by atoms with E-state index in [2.05, 4.69) is 19.2 Å². The zero-order valence-electron chi connectivity index (χ0n) is 11.5. The maximum atomic E-state index is 11.9. The van der Waals surface area contributed by atoms with Gasteiger partial charge in [-0.05, 0) is 36.6 Å². The fourth-order valence-corrected chi connectivity index (χ4v) is 1.50. The maximum Gasteiger partial charge on any atom is 0.316 e. The predicted molar refractivity (Wildman–Crippen MR) is 74.0 cm³/mol. The summed E-state index contributed by atoms with van der Waals surface area (Å²) >= 11 is 0. The molecule has 19 heavy (non-hydrogen) atoms. The fraction of sp³-hybridized carbons (Fsp3) is 0.429. The van der Waals surface area contributed by atoms with Gasteiger partial charge in [-0.1, -0.05) is 13.8 Å². The Hall–Kier alpha value is -2.04. The number of carbonyl (C=O) groups is 2. The number of likely N-dealkylation sites (N-methyl/N-ethyl adjacent to an activating group) is 1. The molecule has 0 aliphatic rings. The van der Waals surface area contributed by atoms with E-state index in [1.165, 1.54) is 24.1 Å². The molecule has 0 saturated carbocycles. The number of anilines is 1. The van der Waals surface area contributed by atoms with Crippen molar-refractivity contribution in [1.82, 2.24) is 5.32 Å². The first-order chi connectivity index (χ1) is 8.91. The number of phenolic OH excluding ortho intramolecular Hbond substituents is 1. The number of aromatic hydroxyl groups is 1. The molecule has 0 radical (unpaired) electrons. The molecule has 0 heterocycles. The number of nitrogens with zero attached hydrogens (tertiary/aromatic N) is 1. The van der Waals surface area contributed by atoms with Gasteiger partial charge in [-0.2, -0.15) is 0 Å². The molecule has 1 aromatic rings. The van der Waals surface area contributed by atoms with Gasteiger partial charge in [0.2, 0.25) is 0 Å². The molecule has 0 spiro atoms. The summed E-state index contributed by atoms with van der Waals surface area (Å²) < 4.78 is 0. The first kappa shape index (κ1) is 15.0. The lowest BCUT2D eigenvalue weighted by atomic mass is 10.1. The largest absolute Gasteiger partial charge is 0.508 e. The lowest BCUT2D eigenvalue weighted by Gasteiger charge is -2.17. The van der Waals surface area contributed by atoms with Crippen LogP contribution in [0.1, 0.15) is 20.3 Å². The first-order valence-electron chi connectivity index (χ1n) is 6.26. The molecule has 1 aromatic carbocycles. The Morgan fingerprint density at radius 3 is 2.37 bits per heavy atom. The van der Waals surface area contributed by atoms with E-state index in [-0.39, 0.29) is 5.75 Å². The molecule has 104 valence electrons. The Balaban J connectivity index is 2.56. The molecule has 5 nitrogen and oxygen atoms in total. The second kappa shape index (κ2) is 6.78. The molecule has 1 rings (SSSR count). The molecular formula is C14H20N2O3. The molecule has 0 aliphatic heterocycles. The van der Waals surface area contributed by atoms with Crippen molar-refractivity contribution in [2.75, 3.05) is 18.5 Å². The smallest absolute Gasteiger partial charge is 0.316 e. The molecule has 0 unspecified atom stereocenters. The van der Waals surface area contributed by atoms with E-state index in [0.29, 0.717) is 18.2 Å². The van der Waals surface area contributed by atoms with Crippen molar-refractivity contribution in [3.8, 4) is 5.75 Å². The zero-order chi connectivity index (χ0) is 14.4. The molecule has 0 bridgehead atoms. The molecule has 0 aliphatic carbocycles. The van der Waals surface area contributed by atoms with Crippen LogP contribution in [0.5, 0.6) is 5.75 Å². The average molecular weight is 264 g/mol. The van der Waals surface area contributed by atoms with Crippen LogP contribution >= 0.6 is 0 Å². The predicted octanol–water partition coefficient (Wildman–Crippen LogP) is 1.52. The van der Waals surface area contributed by atoms with Crippen molar-refractivity contribution in [2.24, 2.45) is 5.92 Å². The molecule has 5 heteroatoms. The maximum absolute atomic E-state index is 11.9. The average Bonchev–Trinajstić information content (AvgIpc) is 2.37. The summed E-state index contributed by atoms with van der Waals surface area (Å²) in [7, 11) is 1.52. The molecule has 0 saturated heterocycles. The van der Waals surface area contributed by atoms with Gasteiger partial charge < -0.3 is 15.3 Å².